The Balaban J connectivity index is 1.38. The van der Waals surface area contributed by atoms with Crippen LogP contribution in [0.3, 0.4) is 0 Å². The average molecular weight is 626 g/mol. The Labute approximate surface area is 266 Å². The number of halogens is 3. The fraction of sp³-hybridized carbons (Fsp3) is 0.629. The largest absolute Gasteiger partial charge is 0.367 e. The van der Waals surface area contributed by atoms with E-state index in [0.29, 0.717) is 35.8 Å². The number of anilines is 2. The third kappa shape index (κ3) is 6.77. The summed E-state index contributed by atoms with van der Waals surface area (Å²) in [6.45, 7) is 21.0. The first-order valence-electron chi connectivity index (χ1n) is 16.5. The molecule has 2 aliphatic rings. The van der Waals surface area contributed by atoms with E-state index in [1.165, 1.54) is 12.1 Å². The molecule has 0 saturated carbocycles. The zero-order valence-electron chi connectivity index (χ0n) is 28.2. The lowest BCUT2D eigenvalue weighted by atomic mass is 9.72. The summed E-state index contributed by atoms with van der Waals surface area (Å²) in [6.07, 6.45) is 1.10. The molecule has 7 nitrogen and oxygen atoms in total. The first-order valence-corrected chi connectivity index (χ1v) is 16.5. The minimum Gasteiger partial charge on any atom is -0.367 e. The zero-order valence-corrected chi connectivity index (χ0v) is 28.2. The second-order valence-corrected chi connectivity index (χ2v) is 14.1. The number of rotatable bonds is 11. The molecule has 0 aliphatic carbocycles. The van der Waals surface area contributed by atoms with Gasteiger partial charge in [0.15, 0.2) is 5.65 Å². The Morgan fingerprint density at radius 2 is 1.62 bits per heavy atom. The number of aromatic nitrogens is 3. The highest BCUT2D eigenvalue weighted by Crippen LogP contribution is 2.50. The van der Waals surface area contributed by atoms with Crippen molar-refractivity contribution in [2.75, 3.05) is 49.5 Å². The molecule has 10 heteroatoms. The quantitative estimate of drug-likeness (QED) is 0.246. The maximum absolute atomic E-state index is 16.0. The van der Waals surface area contributed by atoms with Crippen LogP contribution in [0, 0.1) is 24.1 Å². The van der Waals surface area contributed by atoms with Crippen molar-refractivity contribution in [1.82, 2.24) is 24.8 Å². The summed E-state index contributed by atoms with van der Waals surface area (Å²) in [6, 6.07) is 7.30. The lowest BCUT2D eigenvalue weighted by Gasteiger charge is -2.46. The van der Waals surface area contributed by atoms with Crippen LogP contribution in [0.1, 0.15) is 77.5 Å². The number of likely N-dealkylation sites (tertiary alicyclic amines) is 1. The van der Waals surface area contributed by atoms with Gasteiger partial charge < -0.3 is 15.1 Å². The van der Waals surface area contributed by atoms with Crippen molar-refractivity contribution in [3.63, 3.8) is 0 Å². The lowest BCUT2D eigenvalue weighted by Crippen LogP contribution is -2.52. The number of fused-ring (bicyclic) bond motifs is 1. The van der Waals surface area contributed by atoms with Crippen molar-refractivity contribution in [3.8, 4) is 0 Å². The highest BCUT2D eigenvalue weighted by Gasteiger charge is 2.51. The molecule has 2 saturated heterocycles. The second kappa shape index (κ2) is 13.0. The molecule has 45 heavy (non-hydrogen) atoms. The van der Waals surface area contributed by atoms with Crippen LogP contribution in [0.5, 0.6) is 0 Å². The van der Waals surface area contributed by atoms with E-state index >= 15 is 13.2 Å². The summed E-state index contributed by atoms with van der Waals surface area (Å²) in [5.41, 5.74) is 0.834. The molecule has 3 aromatic rings. The predicted molar refractivity (Wildman–Crippen MR) is 177 cm³/mol. The van der Waals surface area contributed by atoms with E-state index in [1.807, 2.05) is 0 Å². The van der Waals surface area contributed by atoms with Crippen LogP contribution in [-0.2, 0) is 18.9 Å². The van der Waals surface area contributed by atoms with Crippen molar-refractivity contribution >= 4 is 22.5 Å². The zero-order chi connectivity index (χ0) is 32.7. The van der Waals surface area contributed by atoms with Gasteiger partial charge in [-0.1, -0.05) is 39.0 Å². The monoisotopic (exact) mass is 625 g/mol. The van der Waals surface area contributed by atoms with E-state index in [0.717, 1.165) is 62.5 Å². The van der Waals surface area contributed by atoms with Gasteiger partial charge in [0, 0.05) is 68.9 Å². The number of alkyl halides is 2. The van der Waals surface area contributed by atoms with E-state index in [4.69, 9.17) is 4.98 Å². The van der Waals surface area contributed by atoms with Crippen molar-refractivity contribution in [2.24, 2.45) is 11.3 Å². The van der Waals surface area contributed by atoms with Crippen LogP contribution >= 0.6 is 0 Å². The Bertz CT molecular complexity index is 1490. The number of benzene rings is 1. The van der Waals surface area contributed by atoms with Gasteiger partial charge in [-0.3, -0.25) is 4.90 Å². The van der Waals surface area contributed by atoms with Crippen molar-refractivity contribution < 1.29 is 13.2 Å². The van der Waals surface area contributed by atoms with E-state index in [9.17, 15) is 0 Å². The Hall–Kier alpha value is -2.98. The molecule has 2 aromatic heterocycles. The van der Waals surface area contributed by atoms with Crippen LogP contribution < -0.4 is 10.2 Å². The van der Waals surface area contributed by atoms with Gasteiger partial charge in [0.25, 0.3) is 5.92 Å². The maximum Gasteiger partial charge on any atom is 0.281 e. The van der Waals surface area contributed by atoms with Crippen LogP contribution in [0.2, 0.25) is 0 Å². The summed E-state index contributed by atoms with van der Waals surface area (Å²) < 4.78 is 48.0. The van der Waals surface area contributed by atoms with Gasteiger partial charge in [-0.2, -0.15) is 0 Å². The molecule has 2 fully saturated rings. The van der Waals surface area contributed by atoms with E-state index in [-0.39, 0.29) is 18.0 Å². The molecule has 1 aromatic carbocycles. The number of piperazine rings is 1. The first-order chi connectivity index (χ1) is 21.2. The fourth-order valence-electron chi connectivity index (χ4n) is 6.85. The number of hydrogen-bond donors (Lipinski definition) is 1. The van der Waals surface area contributed by atoms with Gasteiger partial charge in [-0.15, -0.1) is 0 Å². The lowest BCUT2D eigenvalue weighted by molar-refractivity contribution is -0.134. The minimum atomic E-state index is -3.33. The molecule has 0 radical (unpaired) electrons. The molecule has 0 bridgehead atoms. The van der Waals surface area contributed by atoms with Gasteiger partial charge in [-0.25, -0.2) is 28.1 Å². The molecule has 0 amide bonds. The third-order valence-electron chi connectivity index (χ3n) is 9.80. The smallest absolute Gasteiger partial charge is 0.281 e. The van der Waals surface area contributed by atoms with Gasteiger partial charge >= 0.3 is 0 Å². The molecular formula is C35H50F3N7. The van der Waals surface area contributed by atoms with Crippen LogP contribution in [0.25, 0.3) is 11.0 Å². The van der Waals surface area contributed by atoms with Crippen LogP contribution in [-0.4, -0.2) is 76.1 Å². The van der Waals surface area contributed by atoms with Gasteiger partial charge in [0.1, 0.15) is 17.5 Å². The number of pyridine rings is 1. The predicted octanol–water partition coefficient (Wildman–Crippen LogP) is 7.03. The van der Waals surface area contributed by atoms with E-state index < -0.39 is 22.7 Å². The summed E-state index contributed by atoms with van der Waals surface area (Å²) in [4.78, 5) is 21.3. The SMILES string of the molecule is CCc1nc2nc(C)nc(NCc3cccc(C(F)(F)C(C)(C)CC4CN(C(C)C)C4)c3F)c2cc1N1CCN(C(C)C)CC1. The maximum atomic E-state index is 16.0. The molecule has 5 rings (SSSR count). The molecule has 1 N–H and O–H groups in total. The topological polar surface area (TPSA) is 60.4 Å². The van der Waals surface area contributed by atoms with Gasteiger partial charge in [0.05, 0.1) is 22.3 Å². The Morgan fingerprint density at radius 1 is 0.956 bits per heavy atom. The average Bonchev–Trinajstić information content (AvgIpc) is 2.97. The third-order valence-corrected chi connectivity index (χ3v) is 9.80. The molecule has 0 atom stereocenters. The molecule has 246 valence electrons. The van der Waals surface area contributed by atoms with Crippen molar-refractivity contribution in [1.29, 1.82) is 0 Å². The summed E-state index contributed by atoms with van der Waals surface area (Å²) in [7, 11) is 0. The van der Waals surface area contributed by atoms with E-state index in [1.54, 1.807) is 26.8 Å². The summed E-state index contributed by atoms with van der Waals surface area (Å²) >= 11 is 0. The molecule has 2 aliphatic heterocycles. The van der Waals surface area contributed by atoms with Crippen molar-refractivity contribution in [3.05, 3.63) is 52.7 Å². The number of nitrogens with one attached hydrogen (secondary N) is 1. The van der Waals surface area contributed by atoms with E-state index in [2.05, 4.69) is 70.7 Å². The molecule has 4 heterocycles. The minimum absolute atomic E-state index is 0.00559. The number of nitrogens with zero attached hydrogens (tertiary/aromatic N) is 6. The highest BCUT2D eigenvalue weighted by molar-refractivity contribution is 5.89. The molecular weight excluding hydrogens is 575 g/mol. The second-order valence-electron chi connectivity index (χ2n) is 14.1. The van der Waals surface area contributed by atoms with Gasteiger partial charge in [0.2, 0.25) is 0 Å². The van der Waals surface area contributed by atoms with Crippen LogP contribution in [0.15, 0.2) is 24.3 Å². The number of hydrogen-bond acceptors (Lipinski definition) is 7. The molecule has 0 spiro atoms. The fourth-order valence-corrected chi connectivity index (χ4v) is 6.85. The first kappa shape index (κ1) is 33.4. The standard InChI is InChI=1S/C35H50F3N7/c1-9-29-30(44-15-13-43(14-16-44)22(2)3)17-27-32(40-24(6)41-33(27)42-29)39-19-26-11-10-12-28(31(26)36)35(37,38)34(7,8)18-25-20-45(21-25)23(4)5/h10-12,17,22-23,25H,9,13-16,18-21H2,1-8H3,(H,39,40,41,42). The molecule has 0 unspecified atom stereocenters. The highest BCUT2D eigenvalue weighted by atomic mass is 19.3. The van der Waals surface area contributed by atoms with Gasteiger partial charge in [-0.05, 0) is 59.4 Å². The summed E-state index contributed by atoms with van der Waals surface area (Å²) in [5, 5.41) is 3.98. The summed E-state index contributed by atoms with van der Waals surface area (Å²) in [5.74, 6) is -2.97. The Morgan fingerprint density at radius 3 is 2.24 bits per heavy atom. The normalized spacial score (nSPS) is 17.5. The Kier molecular flexibility index (Phi) is 9.66. The van der Waals surface area contributed by atoms with Crippen LogP contribution in [0.4, 0.5) is 24.7 Å². The van der Waals surface area contributed by atoms with Crippen molar-refractivity contribution in [2.45, 2.75) is 92.8 Å². The number of aryl methyl sites for hydroxylation is 2.